The number of likely N-dealkylation sites (tertiary alicyclic amines) is 1. The van der Waals surface area contributed by atoms with Crippen LogP contribution in [0.2, 0.25) is 0 Å². The number of piperidine rings is 1. The number of carbonyl (C=O) groups excluding carboxylic acids is 1. The lowest BCUT2D eigenvalue weighted by molar-refractivity contribution is -0.133. The van der Waals surface area contributed by atoms with Gasteiger partial charge in [0.15, 0.2) is 0 Å². The zero-order valence-corrected chi connectivity index (χ0v) is 14.6. The number of para-hydroxylation sites is 1. The monoisotopic (exact) mass is 338 g/mol. The molecule has 0 spiro atoms. The first-order valence-electron chi connectivity index (χ1n) is 8.70. The van der Waals surface area contributed by atoms with Crippen molar-refractivity contribution in [1.82, 2.24) is 29.4 Å². The quantitative estimate of drug-likeness (QED) is 0.733. The minimum absolute atomic E-state index is 0.105. The van der Waals surface area contributed by atoms with E-state index in [2.05, 4.69) is 15.2 Å². The summed E-state index contributed by atoms with van der Waals surface area (Å²) in [6.45, 7) is 5.62. The van der Waals surface area contributed by atoms with Crippen LogP contribution in [0.3, 0.4) is 0 Å². The molecule has 1 aliphatic heterocycles. The van der Waals surface area contributed by atoms with E-state index in [0.717, 1.165) is 41.9 Å². The molecule has 1 aromatic carbocycles. The number of rotatable bonds is 3. The molecule has 0 saturated carbocycles. The number of amides is 1. The lowest BCUT2D eigenvalue weighted by Gasteiger charge is -2.33. The summed E-state index contributed by atoms with van der Waals surface area (Å²) in [7, 11) is 0. The van der Waals surface area contributed by atoms with Crippen LogP contribution in [-0.4, -0.2) is 48.4 Å². The molecule has 7 heteroatoms. The Labute approximate surface area is 146 Å². The number of aryl methyl sites for hydroxylation is 2. The average molecular weight is 338 g/mol. The second kappa shape index (κ2) is 6.31. The lowest BCUT2D eigenvalue weighted by atomic mass is 10.1. The minimum Gasteiger partial charge on any atom is -0.339 e. The highest BCUT2D eigenvalue weighted by molar-refractivity contribution is 5.82. The van der Waals surface area contributed by atoms with Crippen molar-refractivity contribution in [2.45, 2.75) is 39.3 Å². The van der Waals surface area contributed by atoms with E-state index < -0.39 is 0 Å². The first-order valence-corrected chi connectivity index (χ1v) is 8.70. The van der Waals surface area contributed by atoms with Gasteiger partial charge in [-0.15, -0.1) is 0 Å². The van der Waals surface area contributed by atoms with Gasteiger partial charge in [-0.1, -0.05) is 18.2 Å². The van der Waals surface area contributed by atoms with Gasteiger partial charge in [-0.25, -0.2) is 9.67 Å². The van der Waals surface area contributed by atoms with Crippen molar-refractivity contribution in [1.29, 1.82) is 0 Å². The molecule has 130 valence electrons. The van der Waals surface area contributed by atoms with Gasteiger partial charge in [0.25, 0.3) is 0 Å². The minimum atomic E-state index is 0.105. The number of hydrogen-bond acceptors (Lipinski definition) is 4. The van der Waals surface area contributed by atoms with Gasteiger partial charge < -0.3 is 4.90 Å². The highest BCUT2D eigenvalue weighted by atomic mass is 16.2. The Kier molecular flexibility index (Phi) is 3.99. The molecular weight excluding hydrogens is 316 g/mol. The molecule has 1 fully saturated rings. The van der Waals surface area contributed by atoms with E-state index in [1.54, 1.807) is 4.68 Å². The molecule has 0 bridgehead atoms. The Morgan fingerprint density at radius 1 is 1.28 bits per heavy atom. The molecule has 25 heavy (non-hydrogen) atoms. The van der Waals surface area contributed by atoms with E-state index >= 15 is 0 Å². The number of nitrogens with zero attached hydrogens (tertiary/aromatic N) is 6. The maximum absolute atomic E-state index is 12.8. The first kappa shape index (κ1) is 15.8. The summed E-state index contributed by atoms with van der Waals surface area (Å²) < 4.78 is 3.75. The van der Waals surface area contributed by atoms with Crippen molar-refractivity contribution < 1.29 is 4.79 Å². The van der Waals surface area contributed by atoms with Crippen molar-refractivity contribution in [3.05, 3.63) is 42.1 Å². The van der Waals surface area contributed by atoms with Gasteiger partial charge in [0.1, 0.15) is 18.2 Å². The molecular formula is C18H22N6O. The molecule has 0 radical (unpaired) electrons. The summed E-state index contributed by atoms with van der Waals surface area (Å²) in [6, 6.07) is 8.16. The van der Waals surface area contributed by atoms with Crippen LogP contribution >= 0.6 is 0 Å². The number of benzene rings is 1. The summed E-state index contributed by atoms with van der Waals surface area (Å²) in [5.74, 6) is 1.80. The SMILES string of the molecule is Cc1nc(C)n([C@H]2CCCN(C(=O)Cn3ncc4ccccc43)C2)n1. The van der Waals surface area contributed by atoms with Crippen molar-refractivity contribution >= 4 is 16.8 Å². The summed E-state index contributed by atoms with van der Waals surface area (Å²) in [4.78, 5) is 19.1. The average Bonchev–Trinajstić information content (AvgIpc) is 3.18. The Balaban J connectivity index is 1.49. The van der Waals surface area contributed by atoms with Crippen LogP contribution in [0.1, 0.15) is 30.5 Å². The molecule has 0 unspecified atom stereocenters. The zero-order chi connectivity index (χ0) is 17.4. The Bertz CT molecular complexity index is 911. The summed E-state index contributed by atoms with van der Waals surface area (Å²) in [5, 5.41) is 9.92. The molecule has 4 rings (SSSR count). The lowest BCUT2D eigenvalue weighted by Crippen LogP contribution is -2.42. The van der Waals surface area contributed by atoms with Crippen LogP contribution in [0.4, 0.5) is 0 Å². The van der Waals surface area contributed by atoms with Gasteiger partial charge in [0.2, 0.25) is 5.91 Å². The van der Waals surface area contributed by atoms with Gasteiger partial charge in [-0.05, 0) is 32.8 Å². The van der Waals surface area contributed by atoms with Gasteiger partial charge >= 0.3 is 0 Å². The molecule has 0 N–H and O–H groups in total. The van der Waals surface area contributed by atoms with Crippen LogP contribution in [0.15, 0.2) is 30.5 Å². The predicted octanol–water partition coefficient (Wildman–Crippen LogP) is 2.11. The number of hydrogen-bond donors (Lipinski definition) is 0. The van der Waals surface area contributed by atoms with Crippen molar-refractivity contribution in [2.75, 3.05) is 13.1 Å². The smallest absolute Gasteiger partial charge is 0.244 e. The number of fused-ring (bicyclic) bond motifs is 1. The fourth-order valence-electron chi connectivity index (χ4n) is 3.64. The van der Waals surface area contributed by atoms with Gasteiger partial charge in [-0.3, -0.25) is 9.48 Å². The Morgan fingerprint density at radius 3 is 2.92 bits per heavy atom. The first-order chi connectivity index (χ1) is 12.1. The second-order valence-corrected chi connectivity index (χ2v) is 6.65. The Hall–Kier alpha value is -2.70. The predicted molar refractivity (Wildman–Crippen MR) is 94.1 cm³/mol. The van der Waals surface area contributed by atoms with Crippen LogP contribution in [-0.2, 0) is 11.3 Å². The van der Waals surface area contributed by atoms with Crippen LogP contribution in [0.25, 0.3) is 10.9 Å². The Morgan fingerprint density at radius 2 is 2.12 bits per heavy atom. The topological polar surface area (TPSA) is 68.8 Å². The summed E-state index contributed by atoms with van der Waals surface area (Å²) in [5.41, 5.74) is 0.993. The van der Waals surface area contributed by atoms with E-state index in [1.165, 1.54) is 0 Å². The molecule has 1 saturated heterocycles. The molecule has 3 heterocycles. The van der Waals surface area contributed by atoms with E-state index in [9.17, 15) is 4.79 Å². The largest absolute Gasteiger partial charge is 0.339 e. The second-order valence-electron chi connectivity index (χ2n) is 6.65. The summed E-state index contributed by atoms with van der Waals surface area (Å²) >= 11 is 0. The van der Waals surface area contributed by atoms with Crippen molar-refractivity contribution in [3.8, 4) is 0 Å². The fourth-order valence-corrected chi connectivity index (χ4v) is 3.64. The third-order valence-electron chi connectivity index (χ3n) is 4.84. The standard InChI is InChI=1S/C18H22N6O/c1-13-20-14(2)24(21-13)16-7-5-9-22(11-16)18(25)12-23-17-8-4-3-6-15(17)10-19-23/h3-4,6,8,10,16H,5,7,9,11-12H2,1-2H3/t16-/m0/s1. The van der Waals surface area contributed by atoms with Gasteiger partial charge in [0.05, 0.1) is 17.8 Å². The van der Waals surface area contributed by atoms with Crippen LogP contribution in [0.5, 0.6) is 0 Å². The molecule has 0 aliphatic carbocycles. The van der Waals surface area contributed by atoms with Crippen molar-refractivity contribution in [2.24, 2.45) is 0 Å². The van der Waals surface area contributed by atoms with E-state index in [-0.39, 0.29) is 18.5 Å². The fraction of sp³-hybridized carbons (Fsp3) is 0.444. The molecule has 1 atom stereocenters. The maximum Gasteiger partial charge on any atom is 0.244 e. The normalized spacial score (nSPS) is 18.0. The molecule has 1 aliphatic rings. The van der Waals surface area contributed by atoms with Crippen molar-refractivity contribution in [3.63, 3.8) is 0 Å². The van der Waals surface area contributed by atoms with E-state index in [1.807, 2.05) is 53.9 Å². The number of carbonyl (C=O) groups is 1. The molecule has 3 aromatic rings. The maximum atomic E-state index is 12.8. The summed E-state index contributed by atoms with van der Waals surface area (Å²) in [6.07, 6.45) is 3.82. The third kappa shape index (κ3) is 3.01. The highest BCUT2D eigenvalue weighted by Gasteiger charge is 2.27. The van der Waals surface area contributed by atoms with Crippen LogP contribution < -0.4 is 0 Å². The molecule has 7 nitrogen and oxygen atoms in total. The highest BCUT2D eigenvalue weighted by Crippen LogP contribution is 2.22. The molecule has 2 aromatic heterocycles. The molecule has 1 amide bonds. The van der Waals surface area contributed by atoms with E-state index in [0.29, 0.717) is 6.54 Å². The van der Waals surface area contributed by atoms with E-state index in [4.69, 9.17) is 0 Å². The van der Waals surface area contributed by atoms with Gasteiger partial charge in [0, 0.05) is 18.5 Å². The number of aromatic nitrogens is 5. The van der Waals surface area contributed by atoms with Crippen LogP contribution in [0, 0.1) is 13.8 Å². The third-order valence-corrected chi connectivity index (χ3v) is 4.84. The zero-order valence-electron chi connectivity index (χ0n) is 14.6. The van der Waals surface area contributed by atoms with Gasteiger partial charge in [-0.2, -0.15) is 10.2 Å².